The Hall–Kier alpha value is -3.56. The van der Waals surface area contributed by atoms with Crippen LogP contribution < -0.4 is 5.32 Å². The van der Waals surface area contributed by atoms with Gasteiger partial charge in [-0.1, -0.05) is 32.1 Å². The second-order valence-electron chi connectivity index (χ2n) is 9.82. The molecular weight excluding hydrogens is 458 g/mol. The van der Waals surface area contributed by atoms with Crippen LogP contribution in [0, 0.1) is 6.92 Å². The maximum absolute atomic E-state index is 13.9. The van der Waals surface area contributed by atoms with Gasteiger partial charge in [-0.2, -0.15) is 4.80 Å². The van der Waals surface area contributed by atoms with Gasteiger partial charge in [0.15, 0.2) is 5.76 Å². The van der Waals surface area contributed by atoms with Crippen molar-refractivity contribution in [2.24, 2.45) is 0 Å². The number of hydrogen-bond acceptors (Lipinski definition) is 7. The molecule has 10 heteroatoms. The Bertz CT molecular complexity index is 1160. The van der Waals surface area contributed by atoms with E-state index < -0.39 is 6.04 Å². The Balaban J connectivity index is 1.43. The molecule has 0 saturated heterocycles. The van der Waals surface area contributed by atoms with Gasteiger partial charge in [-0.25, -0.2) is 0 Å². The van der Waals surface area contributed by atoms with Crippen molar-refractivity contribution < 1.29 is 14.0 Å². The van der Waals surface area contributed by atoms with Crippen molar-refractivity contribution in [3.05, 3.63) is 48.0 Å². The molecule has 2 saturated carbocycles. The van der Waals surface area contributed by atoms with Crippen LogP contribution in [-0.4, -0.2) is 54.0 Å². The molecule has 2 fully saturated rings. The summed E-state index contributed by atoms with van der Waals surface area (Å²) in [5, 5.41) is 15.7. The number of aryl methyl sites for hydroxylation is 1. The number of nitrogens with zero attached hydrogens (tertiary/aromatic N) is 6. The van der Waals surface area contributed by atoms with Gasteiger partial charge >= 0.3 is 0 Å². The van der Waals surface area contributed by atoms with E-state index in [1.54, 1.807) is 23.4 Å². The van der Waals surface area contributed by atoms with Gasteiger partial charge in [0.2, 0.25) is 17.6 Å². The van der Waals surface area contributed by atoms with Gasteiger partial charge in [0.1, 0.15) is 18.3 Å². The van der Waals surface area contributed by atoms with Crippen LogP contribution in [0.2, 0.25) is 0 Å². The molecule has 190 valence electrons. The predicted molar refractivity (Wildman–Crippen MR) is 131 cm³/mol. The van der Waals surface area contributed by atoms with Gasteiger partial charge in [-0.05, 0) is 67.6 Å². The number of amides is 2. The molecule has 10 nitrogen and oxygen atoms in total. The van der Waals surface area contributed by atoms with Gasteiger partial charge in [0, 0.05) is 24.5 Å². The van der Waals surface area contributed by atoms with Crippen LogP contribution in [0.5, 0.6) is 0 Å². The molecule has 2 amide bonds. The van der Waals surface area contributed by atoms with Gasteiger partial charge in [-0.15, -0.1) is 10.2 Å². The summed E-state index contributed by atoms with van der Waals surface area (Å²) in [5.41, 5.74) is 0.762. The van der Waals surface area contributed by atoms with Crippen LogP contribution in [-0.2, 0) is 16.1 Å². The number of tetrazole rings is 1. The molecule has 3 aromatic rings. The summed E-state index contributed by atoms with van der Waals surface area (Å²) >= 11 is 0. The van der Waals surface area contributed by atoms with Gasteiger partial charge in [0.25, 0.3) is 0 Å². The number of pyridine rings is 1. The zero-order valence-electron chi connectivity index (χ0n) is 20.7. The zero-order chi connectivity index (χ0) is 24.9. The standard InChI is InChI=1S/C26H33N7O3/c1-18-11-12-22(36-18)25-29-31-32(30-25)17-23(34)33(21-9-3-2-4-10-21)24(19-13-15-27-16-14-19)26(35)28-20-7-5-6-8-20/h11-16,20-21,24H,2-10,17H2,1H3,(H,28,35). The number of rotatable bonds is 8. The maximum atomic E-state index is 13.9. The molecule has 2 aliphatic rings. The predicted octanol–water partition coefficient (Wildman–Crippen LogP) is 3.60. The van der Waals surface area contributed by atoms with E-state index in [9.17, 15) is 9.59 Å². The first kappa shape index (κ1) is 24.1. The zero-order valence-corrected chi connectivity index (χ0v) is 20.7. The molecule has 0 aromatic carbocycles. The van der Waals surface area contributed by atoms with E-state index in [2.05, 4.69) is 25.7 Å². The highest BCUT2D eigenvalue weighted by Crippen LogP contribution is 2.32. The van der Waals surface area contributed by atoms with Gasteiger partial charge in [-0.3, -0.25) is 14.6 Å². The Morgan fingerprint density at radius 3 is 2.47 bits per heavy atom. The monoisotopic (exact) mass is 491 g/mol. The van der Waals surface area contributed by atoms with E-state index in [1.165, 1.54) is 4.80 Å². The summed E-state index contributed by atoms with van der Waals surface area (Å²) < 4.78 is 5.59. The molecule has 1 N–H and O–H groups in total. The minimum atomic E-state index is -0.736. The molecule has 1 atom stereocenters. The summed E-state index contributed by atoms with van der Waals surface area (Å²) in [6.45, 7) is 1.73. The minimum absolute atomic E-state index is 0.0329. The number of aromatic nitrogens is 5. The van der Waals surface area contributed by atoms with Crippen molar-refractivity contribution in [2.45, 2.75) is 89.4 Å². The highest BCUT2D eigenvalue weighted by Gasteiger charge is 2.38. The van der Waals surface area contributed by atoms with Crippen LogP contribution in [0.4, 0.5) is 0 Å². The van der Waals surface area contributed by atoms with Crippen molar-refractivity contribution in [3.63, 3.8) is 0 Å². The number of carbonyl (C=O) groups is 2. The molecule has 0 bridgehead atoms. The molecule has 3 aromatic heterocycles. The minimum Gasteiger partial charge on any atom is -0.458 e. The molecule has 0 radical (unpaired) electrons. The van der Waals surface area contributed by atoms with Gasteiger partial charge in [0.05, 0.1) is 0 Å². The summed E-state index contributed by atoms with van der Waals surface area (Å²) in [4.78, 5) is 34.8. The Morgan fingerprint density at radius 2 is 1.78 bits per heavy atom. The lowest BCUT2D eigenvalue weighted by molar-refractivity contribution is -0.145. The number of hydrogen-bond donors (Lipinski definition) is 1. The van der Waals surface area contributed by atoms with Crippen molar-refractivity contribution in [2.75, 3.05) is 0 Å². The smallest absolute Gasteiger partial charge is 0.247 e. The lowest BCUT2D eigenvalue weighted by atomic mass is 9.91. The molecular formula is C26H33N7O3. The highest BCUT2D eigenvalue weighted by molar-refractivity contribution is 5.89. The summed E-state index contributed by atoms with van der Waals surface area (Å²) in [5.74, 6) is 1.23. The summed E-state index contributed by atoms with van der Waals surface area (Å²) in [6.07, 6.45) is 12.5. The van der Waals surface area contributed by atoms with Crippen molar-refractivity contribution in [1.82, 2.24) is 35.4 Å². The van der Waals surface area contributed by atoms with Crippen molar-refractivity contribution in [1.29, 1.82) is 0 Å². The van der Waals surface area contributed by atoms with E-state index in [1.807, 2.05) is 25.1 Å². The molecule has 0 aliphatic heterocycles. The average molecular weight is 492 g/mol. The first-order chi connectivity index (χ1) is 17.6. The van der Waals surface area contributed by atoms with E-state index >= 15 is 0 Å². The van der Waals surface area contributed by atoms with E-state index in [0.717, 1.165) is 69.1 Å². The van der Waals surface area contributed by atoms with E-state index in [4.69, 9.17) is 4.42 Å². The quantitative estimate of drug-likeness (QED) is 0.511. The topological polar surface area (TPSA) is 119 Å². The fourth-order valence-electron chi connectivity index (χ4n) is 5.42. The SMILES string of the molecule is Cc1ccc(-c2nnn(CC(=O)N(C3CCCCC3)C(C(=O)NC3CCCC3)c3ccncc3)n2)o1. The number of carbonyl (C=O) groups excluding carboxylic acids is 2. The summed E-state index contributed by atoms with van der Waals surface area (Å²) in [7, 11) is 0. The Labute approximate surface area is 210 Å². The molecule has 0 spiro atoms. The maximum Gasteiger partial charge on any atom is 0.247 e. The first-order valence-corrected chi connectivity index (χ1v) is 12.9. The normalized spacial score (nSPS) is 17.7. The highest BCUT2D eigenvalue weighted by atomic mass is 16.3. The molecule has 3 heterocycles. The van der Waals surface area contributed by atoms with Crippen LogP contribution in [0.1, 0.15) is 75.2 Å². The van der Waals surface area contributed by atoms with Crippen molar-refractivity contribution >= 4 is 11.8 Å². The fraction of sp³-hybridized carbons (Fsp3) is 0.538. The van der Waals surface area contributed by atoms with Crippen LogP contribution in [0.15, 0.2) is 41.1 Å². The lowest BCUT2D eigenvalue weighted by Crippen LogP contribution is -2.51. The Morgan fingerprint density at radius 1 is 1.06 bits per heavy atom. The Kier molecular flexibility index (Phi) is 7.39. The molecule has 5 rings (SSSR count). The lowest BCUT2D eigenvalue weighted by Gasteiger charge is -2.39. The summed E-state index contributed by atoms with van der Waals surface area (Å²) in [6, 6.07) is 6.64. The second-order valence-corrected chi connectivity index (χ2v) is 9.82. The second kappa shape index (κ2) is 11.0. The average Bonchev–Trinajstić information content (AvgIpc) is 3.66. The third kappa shape index (κ3) is 5.47. The van der Waals surface area contributed by atoms with E-state index in [-0.39, 0.29) is 30.4 Å². The number of nitrogens with one attached hydrogen (secondary N) is 1. The molecule has 1 unspecified atom stereocenters. The van der Waals surface area contributed by atoms with Crippen molar-refractivity contribution in [3.8, 4) is 11.6 Å². The fourth-order valence-corrected chi connectivity index (χ4v) is 5.42. The van der Waals surface area contributed by atoms with Crippen LogP contribution in [0.3, 0.4) is 0 Å². The number of furan rings is 1. The molecule has 2 aliphatic carbocycles. The first-order valence-electron chi connectivity index (χ1n) is 12.9. The van der Waals surface area contributed by atoms with E-state index in [0.29, 0.717) is 11.6 Å². The van der Waals surface area contributed by atoms with Gasteiger partial charge < -0.3 is 14.6 Å². The largest absolute Gasteiger partial charge is 0.458 e. The third-order valence-corrected chi connectivity index (χ3v) is 7.20. The molecule has 36 heavy (non-hydrogen) atoms. The van der Waals surface area contributed by atoms with Crippen LogP contribution in [0.25, 0.3) is 11.6 Å². The third-order valence-electron chi connectivity index (χ3n) is 7.20. The van der Waals surface area contributed by atoms with Crippen LogP contribution >= 0.6 is 0 Å².